The Hall–Kier alpha value is -0.610. The molecule has 0 radical (unpaired) electrons. The van der Waals surface area contributed by atoms with Crippen molar-refractivity contribution < 1.29 is 14.6 Å². The highest BCUT2D eigenvalue weighted by Gasteiger charge is 2.30. The summed E-state index contributed by atoms with van der Waals surface area (Å²) >= 11 is 0. The van der Waals surface area contributed by atoms with Crippen LogP contribution in [0.4, 0.5) is 0 Å². The van der Waals surface area contributed by atoms with Crippen molar-refractivity contribution in [1.29, 1.82) is 0 Å². The molecule has 0 saturated carbocycles. The van der Waals surface area contributed by atoms with Crippen LogP contribution in [-0.4, -0.2) is 48.3 Å². The summed E-state index contributed by atoms with van der Waals surface area (Å²) in [5.74, 6) is -0.145. The van der Waals surface area contributed by atoms with Crippen LogP contribution in [0.25, 0.3) is 0 Å². The van der Waals surface area contributed by atoms with Gasteiger partial charge in [-0.05, 0) is 32.7 Å². The number of aliphatic hydroxyl groups excluding tert-OH is 1. The molecule has 82 valence electrons. The van der Waals surface area contributed by atoms with Crippen LogP contribution in [0.3, 0.4) is 0 Å². The van der Waals surface area contributed by atoms with Gasteiger partial charge < -0.3 is 9.84 Å². The topological polar surface area (TPSA) is 49.8 Å². The molecule has 0 aliphatic carbocycles. The van der Waals surface area contributed by atoms with Crippen LogP contribution in [0.15, 0.2) is 0 Å². The Balaban J connectivity index is 2.39. The number of ether oxygens (including phenoxy) is 1. The molecule has 1 aliphatic heterocycles. The van der Waals surface area contributed by atoms with Crippen LogP contribution in [0.5, 0.6) is 0 Å². The second-order valence-electron chi connectivity index (χ2n) is 3.85. The van der Waals surface area contributed by atoms with E-state index >= 15 is 0 Å². The number of carbonyl (C=O) groups is 1. The quantitative estimate of drug-likeness (QED) is 0.669. The van der Waals surface area contributed by atoms with Gasteiger partial charge in [-0.25, -0.2) is 0 Å². The van der Waals surface area contributed by atoms with Crippen molar-refractivity contribution in [2.75, 3.05) is 20.2 Å². The molecule has 2 unspecified atom stereocenters. The SMILES string of the molecule is COC(=O)C1CCCN1CCC(C)O. The van der Waals surface area contributed by atoms with Crippen molar-refractivity contribution in [3.63, 3.8) is 0 Å². The first-order chi connectivity index (χ1) is 6.65. The standard InChI is InChI=1S/C10H19NO3/c1-8(12)5-7-11-6-3-4-9(11)10(13)14-2/h8-9,12H,3-7H2,1-2H3. The van der Waals surface area contributed by atoms with Gasteiger partial charge in [-0.15, -0.1) is 0 Å². The Morgan fingerprint density at radius 1 is 1.71 bits per heavy atom. The lowest BCUT2D eigenvalue weighted by Crippen LogP contribution is -2.38. The molecular formula is C10H19NO3. The number of methoxy groups -OCH3 is 1. The van der Waals surface area contributed by atoms with Gasteiger partial charge in [-0.1, -0.05) is 0 Å². The van der Waals surface area contributed by atoms with Gasteiger partial charge in [0.05, 0.1) is 13.2 Å². The number of nitrogens with zero attached hydrogens (tertiary/aromatic N) is 1. The van der Waals surface area contributed by atoms with Crippen molar-refractivity contribution in [3.8, 4) is 0 Å². The van der Waals surface area contributed by atoms with Crippen molar-refractivity contribution in [2.45, 2.75) is 38.3 Å². The fraction of sp³-hybridized carbons (Fsp3) is 0.900. The predicted octanol–water partition coefficient (Wildman–Crippen LogP) is 0.395. The van der Waals surface area contributed by atoms with E-state index in [0.717, 1.165) is 25.9 Å². The monoisotopic (exact) mass is 201 g/mol. The molecule has 1 heterocycles. The van der Waals surface area contributed by atoms with Crippen LogP contribution >= 0.6 is 0 Å². The fourth-order valence-corrected chi connectivity index (χ4v) is 1.85. The average Bonchev–Trinajstić information content (AvgIpc) is 2.61. The maximum Gasteiger partial charge on any atom is 0.323 e. The van der Waals surface area contributed by atoms with Crippen molar-refractivity contribution in [3.05, 3.63) is 0 Å². The Morgan fingerprint density at radius 3 is 3.00 bits per heavy atom. The Morgan fingerprint density at radius 2 is 2.43 bits per heavy atom. The summed E-state index contributed by atoms with van der Waals surface area (Å²) in [5.41, 5.74) is 0. The summed E-state index contributed by atoms with van der Waals surface area (Å²) in [4.78, 5) is 13.4. The summed E-state index contributed by atoms with van der Waals surface area (Å²) in [6, 6.07) is -0.0845. The molecule has 1 aliphatic rings. The zero-order valence-corrected chi connectivity index (χ0v) is 8.90. The Bertz CT molecular complexity index is 194. The first-order valence-electron chi connectivity index (χ1n) is 5.15. The zero-order valence-electron chi connectivity index (χ0n) is 8.90. The molecule has 1 fully saturated rings. The second-order valence-corrected chi connectivity index (χ2v) is 3.85. The van der Waals surface area contributed by atoms with Crippen molar-refractivity contribution in [1.82, 2.24) is 4.90 Å². The third-order valence-corrected chi connectivity index (χ3v) is 2.67. The highest BCUT2D eigenvalue weighted by Crippen LogP contribution is 2.18. The summed E-state index contributed by atoms with van der Waals surface area (Å²) in [5, 5.41) is 9.15. The maximum atomic E-state index is 11.3. The average molecular weight is 201 g/mol. The number of carbonyl (C=O) groups excluding carboxylic acids is 1. The molecule has 2 atom stereocenters. The molecule has 1 rings (SSSR count). The van der Waals surface area contributed by atoms with E-state index in [2.05, 4.69) is 4.90 Å². The lowest BCUT2D eigenvalue weighted by atomic mass is 10.2. The molecule has 0 aromatic rings. The molecule has 1 saturated heterocycles. The van der Waals surface area contributed by atoms with E-state index < -0.39 is 0 Å². The van der Waals surface area contributed by atoms with E-state index in [4.69, 9.17) is 9.84 Å². The smallest absolute Gasteiger partial charge is 0.323 e. The number of esters is 1. The number of aliphatic hydroxyl groups is 1. The van der Waals surface area contributed by atoms with E-state index in [9.17, 15) is 4.79 Å². The molecular weight excluding hydrogens is 182 g/mol. The molecule has 4 heteroatoms. The van der Waals surface area contributed by atoms with Gasteiger partial charge in [0, 0.05) is 6.54 Å². The lowest BCUT2D eigenvalue weighted by Gasteiger charge is -2.22. The highest BCUT2D eigenvalue weighted by atomic mass is 16.5. The number of likely N-dealkylation sites (tertiary alicyclic amines) is 1. The maximum absolute atomic E-state index is 11.3. The minimum atomic E-state index is -0.297. The fourth-order valence-electron chi connectivity index (χ4n) is 1.85. The van der Waals surface area contributed by atoms with Crippen LogP contribution in [0, 0.1) is 0 Å². The van der Waals surface area contributed by atoms with E-state index in [1.54, 1.807) is 6.92 Å². The van der Waals surface area contributed by atoms with Crippen LogP contribution in [0.2, 0.25) is 0 Å². The molecule has 0 aromatic heterocycles. The molecule has 1 N–H and O–H groups in total. The minimum Gasteiger partial charge on any atom is -0.468 e. The third-order valence-electron chi connectivity index (χ3n) is 2.67. The van der Waals surface area contributed by atoms with Crippen LogP contribution < -0.4 is 0 Å². The minimum absolute atomic E-state index is 0.0845. The Kier molecular flexibility index (Phi) is 4.35. The van der Waals surface area contributed by atoms with Crippen molar-refractivity contribution in [2.24, 2.45) is 0 Å². The van der Waals surface area contributed by atoms with Crippen LogP contribution in [-0.2, 0) is 9.53 Å². The summed E-state index contributed by atoms with van der Waals surface area (Å²) in [6.45, 7) is 3.48. The van der Waals surface area contributed by atoms with E-state index in [1.165, 1.54) is 7.11 Å². The molecule has 0 aromatic carbocycles. The van der Waals surface area contributed by atoms with Gasteiger partial charge in [0.25, 0.3) is 0 Å². The zero-order chi connectivity index (χ0) is 10.6. The normalized spacial score (nSPS) is 24.9. The van der Waals surface area contributed by atoms with Crippen molar-refractivity contribution >= 4 is 5.97 Å². The summed E-state index contributed by atoms with van der Waals surface area (Å²) < 4.78 is 4.73. The van der Waals surface area contributed by atoms with Gasteiger partial charge in [-0.2, -0.15) is 0 Å². The van der Waals surface area contributed by atoms with Gasteiger partial charge in [-0.3, -0.25) is 9.69 Å². The Labute approximate surface area is 84.8 Å². The van der Waals surface area contributed by atoms with E-state index in [0.29, 0.717) is 6.42 Å². The first kappa shape index (κ1) is 11.5. The van der Waals surface area contributed by atoms with Gasteiger partial charge in [0.2, 0.25) is 0 Å². The van der Waals surface area contributed by atoms with Gasteiger partial charge in [0.1, 0.15) is 6.04 Å². The van der Waals surface area contributed by atoms with Gasteiger partial charge in [0.15, 0.2) is 0 Å². The summed E-state index contributed by atoms with van der Waals surface area (Å²) in [6.07, 6.45) is 2.34. The number of rotatable bonds is 4. The first-order valence-corrected chi connectivity index (χ1v) is 5.15. The molecule has 0 amide bonds. The number of hydrogen-bond donors (Lipinski definition) is 1. The molecule has 0 spiro atoms. The molecule has 0 bridgehead atoms. The van der Waals surface area contributed by atoms with Gasteiger partial charge >= 0.3 is 5.97 Å². The predicted molar refractivity (Wildman–Crippen MR) is 52.9 cm³/mol. The number of hydrogen-bond acceptors (Lipinski definition) is 4. The summed E-state index contributed by atoms with van der Waals surface area (Å²) in [7, 11) is 1.42. The van der Waals surface area contributed by atoms with E-state index in [-0.39, 0.29) is 18.1 Å². The van der Waals surface area contributed by atoms with E-state index in [1.807, 2.05) is 0 Å². The lowest BCUT2D eigenvalue weighted by molar-refractivity contribution is -0.145. The second kappa shape index (κ2) is 5.32. The highest BCUT2D eigenvalue weighted by molar-refractivity contribution is 5.75. The van der Waals surface area contributed by atoms with Crippen LogP contribution in [0.1, 0.15) is 26.2 Å². The molecule has 4 nitrogen and oxygen atoms in total. The third kappa shape index (κ3) is 2.96. The molecule has 14 heavy (non-hydrogen) atoms. The largest absolute Gasteiger partial charge is 0.468 e.